The molecular formula is C20H23IN2O2. The van der Waals surface area contributed by atoms with Crippen LogP contribution in [0.15, 0.2) is 48.5 Å². The Kier molecular flexibility index (Phi) is 6.45. The Hall–Kier alpha value is -1.44. The number of rotatable bonds is 5. The van der Waals surface area contributed by atoms with Gasteiger partial charge in [-0.25, -0.2) is 0 Å². The summed E-state index contributed by atoms with van der Waals surface area (Å²) < 4.78 is 6.56. The van der Waals surface area contributed by atoms with Crippen molar-refractivity contribution < 1.29 is 9.53 Å². The summed E-state index contributed by atoms with van der Waals surface area (Å²) in [6, 6.07) is 16.0. The molecule has 2 aromatic rings. The van der Waals surface area contributed by atoms with Crippen LogP contribution in [-0.4, -0.2) is 43.7 Å². The van der Waals surface area contributed by atoms with Crippen molar-refractivity contribution in [3.05, 3.63) is 68.8 Å². The lowest BCUT2D eigenvalue weighted by atomic mass is 10.0. The van der Waals surface area contributed by atoms with Gasteiger partial charge in [0.25, 0.3) is 5.91 Å². The highest BCUT2D eigenvalue weighted by Crippen LogP contribution is 2.18. The zero-order valence-electron chi connectivity index (χ0n) is 14.4. The normalized spacial score (nSPS) is 16.4. The molecule has 25 heavy (non-hydrogen) atoms. The number of hydrogen-bond donors (Lipinski definition) is 1. The predicted molar refractivity (Wildman–Crippen MR) is 108 cm³/mol. The Labute approximate surface area is 162 Å². The summed E-state index contributed by atoms with van der Waals surface area (Å²) >= 11 is 2.24. The van der Waals surface area contributed by atoms with Crippen molar-refractivity contribution >= 4 is 28.5 Å². The minimum absolute atomic E-state index is 0.0322. The molecule has 1 atom stereocenters. The van der Waals surface area contributed by atoms with Crippen LogP contribution in [0.1, 0.15) is 27.5 Å². The SMILES string of the molecule is Cc1ccc(C(CN2CCOCC2)NC(=O)c2ccc(I)cc2)cc1. The quantitative estimate of drug-likeness (QED) is 0.711. The molecule has 0 aliphatic carbocycles. The van der Waals surface area contributed by atoms with Gasteiger partial charge in [0.15, 0.2) is 0 Å². The van der Waals surface area contributed by atoms with E-state index in [1.807, 2.05) is 24.3 Å². The van der Waals surface area contributed by atoms with E-state index in [0.29, 0.717) is 5.56 Å². The van der Waals surface area contributed by atoms with Crippen molar-refractivity contribution in [3.8, 4) is 0 Å². The van der Waals surface area contributed by atoms with Crippen LogP contribution in [0.2, 0.25) is 0 Å². The summed E-state index contributed by atoms with van der Waals surface area (Å²) in [7, 11) is 0. The van der Waals surface area contributed by atoms with Crippen LogP contribution >= 0.6 is 22.6 Å². The van der Waals surface area contributed by atoms with Crippen molar-refractivity contribution in [3.63, 3.8) is 0 Å². The van der Waals surface area contributed by atoms with Gasteiger partial charge in [0.1, 0.15) is 0 Å². The highest BCUT2D eigenvalue weighted by atomic mass is 127. The van der Waals surface area contributed by atoms with E-state index in [4.69, 9.17) is 4.74 Å². The number of carbonyl (C=O) groups is 1. The Bertz CT molecular complexity index is 695. The molecule has 1 saturated heterocycles. The second-order valence-corrected chi connectivity index (χ2v) is 7.60. The first-order valence-electron chi connectivity index (χ1n) is 8.55. The lowest BCUT2D eigenvalue weighted by molar-refractivity contribution is 0.0332. The van der Waals surface area contributed by atoms with Gasteiger partial charge in [0.2, 0.25) is 0 Å². The van der Waals surface area contributed by atoms with Crippen LogP contribution in [-0.2, 0) is 4.74 Å². The van der Waals surface area contributed by atoms with Crippen LogP contribution in [0.4, 0.5) is 0 Å². The monoisotopic (exact) mass is 450 g/mol. The third kappa shape index (κ3) is 5.26. The van der Waals surface area contributed by atoms with Crippen LogP contribution in [0.25, 0.3) is 0 Å². The Morgan fingerprint density at radius 1 is 1.12 bits per heavy atom. The number of aryl methyl sites for hydroxylation is 1. The maximum Gasteiger partial charge on any atom is 0.251 e. The zero-order chi connectivity index (χ0) is 17.6. The molecule has 0 radical (unpaired) electrons. The smallest absolute Gasteiger partial charge is 0.251 e. The summed E-state index contributed by atoms with van der Waals surface area (Å²) in [4.78, 5) is 15.0. The number of nitrogens with one attached hydrogen (secondary N) is 1. The van der Waals surface area contributed by atoms with Gasteiger partial charge in [-0.3, -0.25) is 9.69 Å². The predicted octanol–water partition coefficient (Wildman–Crippen LogP) is 3.40. The maximum atomic E-state index is 12.7. The number of ether oxygens (including phenoxy) is 1. The number of nitrogens with zero attached hydrogens (tertiary/aromatic N) is 1. The lowest BCUT2D eigenvalue weighted by Gasteiger charge is -2.31. The molecule has 1 aliphatic rings. The summed E-state index contributed by atoms with van der Waals surface area (Å²) in [6.07, 6.45) is 0. The van der Waals surface area contributed by atoms with Crippen molar-refractivity contribution in [1.29, 1.82) is 0 Å². The average molecular weight is 450 g/mol. The van der Waals surface area contributed by atoms with E-state index in [1.165, 1.54) is 5.56 Å². The minimum Gasteiger partial charge on any atom is -0.379 e. The standard InChI is InChI=1S/C20H23IN2O2/c1-15-2-4-16(5-3-15)19(14-23-10-12-25-13-11-23)22-20(24)17-6-8-18(21)9-7-17/h2-9,19H,10-14H2,1H3,(H,22,24). The first-order chi connectivity index (χ1) is 12.1. The summed E-state index contributed by atoms with van der Waals surface area (Å²) in [6.45, 7) is 6.19. The van der Waals surface area contributed by atoms with Gasteiger partial charge >= 0.3 is 0 Å². The molecule has 1 unspecified atom stereocenters. The van der Waals surface area contributed by atoms with Crippen LogP contribution in [0, 0.1) is 10.5 Å². The fraction of sp³-hybridized carbons (Fsp3) is 0.350. The first kappa shape index (κ1) is 18.4. The van der Waals surface area contributed by atoms with Gasteiger partial charge in [-0.15, -0.1) is 0 Å². The number of morpholine rings is 1. The molecular weight excluding hydrogens is 427 g/mol. The number of amides is 1. The topological polar surface area (TPSA) is 41.6 Å². The fourth-order valence-corrected chi connectivity index (χ4v) is 3.28. The highest BCUT2D eigenvalue weighted by molar-refractivity contribution is 14.1. The van der Waals surface area contributed by atoms with E-state index < -0.39 is 0 Å². The minimum atomic E-state index is -0.0366. The van der Waals surface area contributed by atoms with Gasteiger partial charge in [0.05, 0.1) is 19.3 Å². The molecule has 0 spiro atoms. The van der Waals surface area contributed by atoms with E-state index in [-0.39, 0.29) is 11.9 Å². The third-order valence-electron chi connectivity index (χ3n) is 4.44. The highest BCUT2D eigenvalue weighted by Gasteiger charge is 2.20. The molecule has 0 aromatic heterocycles. The van der Waals surface area contributed by atoms with E-state index in [9.17, 15) is 4.79 Å². The van der Waals surface area contributed by atoms with E-state index in [0.717, 1.165) is 42.0 Å². The van der Waals surface area contributed by atoms with E-state index >= 15 is 0 Å². The molecule has 132 valence electrons. The summed E-state index contributed by atoms with van der Waals surface area (Å²) in [5.74, 6) is -0.0322. The van der Waals surface area contributed by atoms with Gasteiger partial charge in [-0.1, -0.05) is 29.8 Å². The molecule has 0 bridgehead atoms. The largest absolute Gasteiger partial charge is 0.379 e. The van der Waals surface area contributed by atoms with Gasteiger partial charge in [-0.2, -0.15) is 0 Å². The van der Waals surface area contributed by atoms with E-state index in [1.54, 1.807) is 0 Å². The Balaban J connectivity index is 1.76. The van der Waals surface area contributed by atoms with Gasteiger partial charge in [0, 0.05) is 28.8 Å². The Morgan fingerprint density at radius 2 is 1.76 bits per heavy atom. The molecule has 2 aromatic carbocycles. The molecule has 5 heteroatoms. The first-order valence-corrected chi connectivity index (χ1v) is 9.63. The third-order valence-corrected chi connectivity index (χ3v) is 5.16. The molecule has 3 rings (SSSR count). The van der Waals surface area contributed by atoms with Crippen molar-refractivity contribution in [1.82, 2.24) is 10.2 Å². The maximum absolute atomic E-state index is 12.7. The molecule has 4 nitrogen and oxygen atoms in total. The van der Waals surface area contributed by atoms with Gasteiger partial charge in [-0.05, 0) is 59.3 Å². The second kappa shape index (κ2) is 8.78. The molecule has 1 amide bonds. The molecule has 1 fully saturated rings. The molecule has 1 N–H and O–H groups in total. The van der Waals surface area contributed by atoms with Crippen molar-refractivity contribution in [2.75, 3.05) is 32.8 Å². The number of halogens is 1. The van der Waals surface area contributed by atoms with Crippen LogP contribution < -0.4 is 5.32 Å². The van der Waals surface area contributed by atoms with Crippen molar-refractivity contribution in [2.45, 2.75) is 13.0 Å². The molecule has 1 aliphatic heterocycles. The Morgan fingerprint density at radius 3 is 2.40 bits per heavy atom. The number of carbonyl (C=O) groups excluding carboxylic acids is 1. The number of hydrogen-bond acceptors (Lipinski definition) is 3. The lowest BCUT2D eigenvalue weighted by Crippen LogP contribution is -2.43. The number of benzene rings is 2. The zero-order valence-corrected chi connectivity index (χ0v) is 16.5. The second-order valence-electron chi connectivity index (χ2n) is 6.36. The van der Waals surface area contributed by atoms with Crippen LogP contribution in [0.5, 0.6) is 0 Å². The molecule has 1 heterocycles. The van der Waals surface area contributed by atoms with Crippen molar-refractivity contribution in [2.24, 2.45) is 0 Å². The fourth-order valence-electron chi connectivity index (χ4n) is 2.92. The summed E-state index contributed by atoms with van der Waals surface area (Å²) in [5.41, 5.74) is 3.05. The average Bonchev–Trinajstić information content (AvgIpc) is 2.63. The summed E-state index contributed by atoms with van der Waals surface area (Å²) in [5, 5.41) is 3.21. The molecule has 0 saturated carbocycles. The van der Waals surface area contributed by atoms with Crippen LogP contribution in [0.3, 0.4) is 0 Å². The van der Waals surface area contributed by atoms with Gasteiger partial charge < -0.3 is 10.1 Å². The van der Waals surface area contributed by atoms with E-state index in [2.05, 4.69) is 64.0 Å².